The van der Waals surface area contributed by atoms with Gasteiger partial charge in [0.1, 0.15) is 0 Å². The minimum Gasteiger partial charge on any atom is -0.341 e. The second-order valence-corrected chi connectivity index (χ2v) is 6.11. The second-order valence-electron chi connectivity index (χ2n) is 6.11. The van der Waals surface area contributed by atoms with Crippen LogP contribution in [0.3, 0.4) is 0 Å². The summed E-state index contributed by atoms with van der Waals surface area (Å²) in [6.45, 7) is 5.04. The summed E-state index contributed by atoms with van der Waals surface area (Å²) in [4.78, 5) is 16.7. The summed E-state index contributed by atoms with van der Waals surface area (Å²) in [5, 5.41) is 0. The van der Waals surface area contributed by atoms with Gasteiger partial charge >= 0.3 is 0 Å². The molecule has 1 saturated heterocycles. The lowest BCUT2D eigenvalue weighted by molar-refractivity contribution is 0.0747. The van der Waals surface area contributed by atoms with Gasteiger partial charge in [-0.05, 0) is 69.6 Å². The van der Waals surface area contributed by atoms with Crippen molar-refractivity contribution in [2.75, 3.05) is 39.2 Å². The molecule has 2 rings (SSSR count). The van der Waals surface area contributed by atoms with E-state index in [1.54, 1.807) is 0 Å². The van der Waals surface area contributed by atoms with Gasteiger partial charge in [0, 0.05) is 19.2 Å². The summed E-state index contributed by atoms with van der Waals surface area (Å²) < 4.78 is 0. The number of amides is 1. The molecule has 5 nitrogen and oxygen atoms in total. The largest absolute Gasteiger partial charge is 0.341 e. The van der Waals surface area contributed by atoms with Crippen molar-refractivity contribution in [3.05, 3.63) is 29.3 Å². The molecule has 3 N–H and O–H groups in total. The van der Waals surface area contributed by atoms with Crippen LogP contribution in [0.25, 0.3) is 0 Å². The predicted octanol–water partition coefficient (Wildman–Crippen LogP) is 1.69. The van der Waals surface area contributed by atoms with Crippen molar-refractivity contribution in [2.45, 2.75) is 19.8 Å². The highest BCUT2D eigenvalue weighted by atomic mass is 16.2. The van der Waals surface area contributed by atoms with Gasteiger partial charge in [-0.25, -0.2) is 0 Å². The molecule has 1 fully saturated rings. The zero-order chi connectivity index (χ0) is 15.4. The molecule has 5 heteroatoms. The van der Waals surface area contributed by atoms with Gasteiger partial charge in [-0.15, -0.1) is 0 Å². The van der Waals surface area contributed by atoms with E-state index in [2.05, 4.69) is 17.4 Å². The Balaban J connectivity index is 1.97. The molecule has 116 valence electrons. The van der Waals surface area contributed by atoms with Crippen molar-refractivity contribution in [1.29, 1.82) is 0 Å². The third-order valence-electron chi connectivity index (χ3n) is 4.35. The molecule has 0 aromatic heterocycles. The Bertz CT molecular complexity index is 495. The van der Waals surface area contributed by atoms with Crippen molar-refractivity contribution >= 4 is 11.6 Å². The average molecular weight is 290 g/mol. The average Bonchev–Trinajstić information content (AvgIpc) is 2.48. The SMILES string of the molecule is Cc1cc(C(=O)N(C)CC2CCN(C)CC2)ccc1NN. The molecule has 0 aliphatic carbocycles. The van der Waals surface area contributed by atoms with Crippen molar-refractivity contribution in [1.82, 2.24) is 9.80 Å². The number of hydrogen-bond acceptors (Lipinski definition) is 4. The lowest BCUT2D eigenvalue weighted by Crippen LogP contribution is -2.38. The van der Waals surface area contributed by atoms with Crippen molar-refractivity contribution < 1.29 is 4.79 Å². The molecule has 1 aliphatic heterocycles. The number of nitrogens with two attached hydrogens (primary N) is 1. The Morgan fingerprint density at radius 3 is 2.67 bits per heavy atom. The Hall–Kier alpha value is -1.59. The Kier molecular flexibility index (Phi) is 5.20. The molecule has 1 aromatic rings. The van der Waals surface area contributed by atoms with Crippen LogP contribution in [0.2, 0.25) is 0 Å². The van der Waals surface area contributed by atoms with Crippen LogP contribution in [0.4, 0.5) is 5.69 Å². The van der Waals surface area contributed by atoms with E-state index in [1.807, 2.05) is 37.1 Å². The molecule has 0 radical (unpaired) electrons. The number of aryl methyl sites for hydroxylation is 1. The fourth-order valence-corrected chi connectivity index (χ4v) is 2.89. The van der Waals surface area contributed by atoms with E-state index in [9.17, 15) is 4.79 Å². The zero-order valence-electron chi connectivity index (χ0n) is 13.2. The van der Waals surface area contributed by atoms with Crippen LogP contribution in [-0.4, -0.2) is 49.4 Å². The summed E-state index contributed by atoms with van der Waals surface area (Å²) in [5.41, 5.74) is 5.19. The predicted molar refractivity (Wildman–Crippen MR) is 86.2 cm³/mol. The standard InChI is InChI=1S/C16H26N4O/c1-12-10-14(4-5-15(12)18-17)16(21)20(3)11-13-6-8-19(2)9-7-13/h4-5,10,13,18H,6-9,11,17H2,1-3H3. The molecule has 1 amide bonds. The summed E-state index contributed by atoms with van der Waals surface area (Å²) in [6, 6.07) is 5.57. The molecule has 1 aromatic carbocycles. The van der Waals surface area contributed by atoms with Crippen LogP contribution in [0.5, 0.6) is 0 Å². The highest BCUT2D eigenvalue weighted by molar-refractivity contribution is 5.94. The number of likely N-dealkylation sites (tertiary alicyclic amines) is 1. The monoisotopic (exact) mass is 290 g/mol. The highest BCUT2D eigenvalue weighted by Crippen LogP contribution is 2.19. The highest BCUT2D eigenvalue weighted by Gasteiger charge is 2.21. The van der Waals surface area contributed by atoms with E-state index in [0.717, 1.165) is 36.4 Å². The van der Waals surface area contributed by atoms with Crippen LogP contribution in [0.1, 0.15) is 28.8 Å². The van der Waals surface area contributed by atoms with Crippen molar-refractivity contribution in [3.8, 4) is 0 Å². The zero-order valence-corrected chi connectivity index (χ0v) is 13.2. The van der Waals surface area contributed by atoms with Gasteiger partial charge < -0.3 is 15.2 Å². The first-order valence-corrected chi connectivity index (χ1v) is 7.52. The Morgan fingerprint density at radius 2 is 2.10 bits per heavy atom. The van der Waals surface area contributed by atoms with Crippen LogP contribution in [0, 0.1) is 12.8 Å². The fourth-order valence-electron chi connectivity index (χ4n) is 2.89. The molecular weight excluding hydrogens is 264 g/mol. The van der Waals surface area contributed by atoms with Gasteiger partial charge in [0.15, 0.2) is 0 Å². The van der Waals surface area contributed by atoms with Crippen molar-refractivity contribution in [3.63, 3.8) is 0 Å². The Morgan fingerprint density at radius 1 is 1.43 bits per heavy atom. The van der Waals surface area contributed by atoms with Gasteiger partial charge in [-0.3, -0.25) is 10.6 Å². The quantitative estimate of drug-likeness (QED) is 0.654. The summed E-state index contributed by atoms with van der Waals surface area (Å²) in [5.74, 6) is 6.12. The van der Waals surface area contributed by atoms with E-state index >= 15 is 0 Å². The summed E-state index contributed by atoms with van der Waals surface area (Å²) in [6.07, 6.45) is 2.34. The van der Waals surface area contributed by atoms with E-state index in [1.165, 1.54) is 12.8 Å². The summed E-state index contributed by atoms with van der Waals surface area (Å²) >= 11 is 0. The van der Waals surface area contributed by atoms with Gasteiger partial charge in [-0.2, -0.15) is 0 Å². The first-order chi connectivity index (χ1) is 10.0. The third kappa shape index (κ3) is 3.95. The maximum atomic E-state index is 12.5. The van der Waals surface area contributed by atoms with Crippen LogP contribution in [-0.2, 0) is 0 Å². The van der Waals surface area contributed by atoms with E-state index in [0.29, 0.717) is 5.92 Å². The number of hydrazine groups is 1. The second kappa shape index (κ2) is 6.91. The number of carbonyl (C=O) groups is 1. The van der Waals surface area contributed by atoms with Crippen LogP contribution < -0.4 is 11.3 Å². The lowest BCUT2D eigenvalue weighted by atomic mass is 9.96. The van der Waals surface area contributed by atoms with E-state index in [4.69, 9.17) is 5.84 Å². The number of carbonyl (C=O) groups excluding carboxylic acids is 1. The number of benzene rings is 1. The minimum absolute atomic E-state index is 0.0839. The smallest absolute Gasteiger partial charge is 0.253 e. The number of nitrogens with one attached hydrogen (secondary N) is 1. The van der Waals surface area contributed by atoms with Crippen LogP contribution >= 0.6 is 0 Å². The molecule has 0 bridgehead atoms. The van der Waals surface area contributed by atoms with Gasteiger partial charge in [0.05, 0.1) is 5.69 Å². The molecule has 0 spiro atoms. The topological polar surface area (TPSA) is 61.6 Å². The normalized spacial score (nSPS) is 16.8. The Labute approximate surface area is 127 Å². The molecule has 0 atom stereocenters. The first-order valence-electron chi connectivity index (χ1n) is 7.52. The number of nitrogens with zero attached hydrogens (tertiary/aromatic N) is 2. The number of rotatable bonds is 4. The first kappa shape index (κ1) is 15.8. The molecule has 21 heavy (non-hydrogen) atoms. The third-order valence-corrected chi connectivity index (χ3v) is 4.35. The molecule has 0 unspecified atom stereocenters. The number of hydrogen-bond donors (Lipinski definition) is 2. The lowest BCUT2D eigenvalue weighted by Gasteiger charge is -2.31. The van der Waals surface area contributed by atoms with E-state index in [-0.39, 0.29) is 5.91 Å². The van der Waals surface area contributed by atoms with Crippen molar-refractivity contribution in [2.24, 2.45) is 11.8 Å². The fraction of sp³-hybridized carbons (Fsp3) is 0.562. The van der Waals surface area contributed by atoms with Crippen LogP contribution in [0.15, 0.2) is 18.2 Å². The number of piperidine rings is 1. The molecular formula is C16H26N4O. The maximum Gasteiger partial charge on any atom is 0.253 e. The van der Waals surface area contributed by atoms with Gasteiger partial charge in [-0.1, -0.05) is 0 Å². The molecule has 1 aliphatic rings. The number of nitrogen functional groups attached to an aromatic ring is 1. The summed E-state index contributed by atoms with van der Waals surface area (Å²) in [7, 11) is 4.05. The minimum atomic E-state index is 0.0839. The molecule has 1 heterocycles. The maximum absolute atomic E-state index is 12.5. The van der Waals surface area contributed by atoms with Gasteiger partial charge in [0.25, 0.3) is 5.91 Å². The van der Waals surface area contributed by atoms with Gasteiger partial charge in [0.2, 0.25) is 0 Å². The van der Waals surface area contributed by atoms with E-state index < -0.39 is 0 Å². The molecule has 0 saturated carbocycles. The number of anilines is 1.